The Bertz CT molecular complexity index is 260. The van der Waals surface area contributed by atoms with Gasteiger partial charge in [0.15, 0.2) is 0 Å². The standard InChI is InChI=1S/C18H38N2/c1-8-16(9-2)20(12-13(3)4)18-15(6)10-14(5)11-17(18)19-7/h13-19H,8-12H2,1-7H3. The lowest BCUT2D eigenvalue weighted by atomic mass is 9.75. The molecule has 1 N–H and O–H groups in total. The minimum absolute atomic E-state index is 0.660. The Morgan fingerprint density at radius 2 is 1.70 bits per heavy atom. The summed E-state index contributed by atoms with van der Waals surface area (Å²) in [6, 6.07) is 2.12. The van der Waals surface area contributed by atoms with Crippen LogP contribution in [0.1, 0.15) is 67.2 Å². The molecule has 120 valence electrons. The zero-order valence-electron chi connectivity index (χ0n) is 14.9. The van der Waals surface area contributed by atoms with Gasteiger partial charge in [-0.3, -0.25) is 4.90 Å². The summed E-state index contributed by atoms with van der Waals surface area (Å²) in [5.41, 5.74) is 0. The minimum Gasteiger partial charge on any atom is -0.315 e. The number of likely N-dealkylation sites (N-methyl/N-ethyl adjacent to an activating group) is 1. The van der Waals surface area contributed by atoms with Crippen molar-refractivity contribution < 1.29 is 0 Å². The summed E-state index contributed by atoms with van der Waals surface area (Å²) in [5, 5.41) is 3.63. The van der Waals surface area contributed by atoms with E-state index in [2.05, 4.69) is 58.8 Å². The summed E-state index contributed by atoms with van der Waals surface area (Å²) >= 11 is 0. The van der Waals surface area contributed by atoms with Crippen molar-refractivity contribution in [1.82, 2.24) is 10.2 Å². The van der Waals surface area contributed by atoms with E-state index in [0.717, 1.165) is 23.8 Å². The molecule has 1 aliphatic rings. The molecule has 1 saturated carbocycles. The van der Waals surface area contributed by atoms with Crippen molar-refractivity contribution in [1.29, 1.82) is 0 Å². The van der Waals surface area contributed by atoms with Crippen LogP contribution in [-0.2, 0) is 0 Å². The second kappa shape index (κ2) is 8.38. The third kappa shape index (κ3) is 4.46. The predicted octanol–water partition coefficient (Wildman–Crippen LogP) is 4.16. The molecule has 4 atom stereocenters. The maximum Gasteiger partial charge on any atom is 0.0278 e. The number of nitrogens with one attached hydrogen (secondary N) is 1. The average Bonchev–Trinajstić information content (AvgIpc) is 2.37. The van der Waals surface area contributed by atoms with Gasteiger partial charge in [0.05, 0.1) is 0 Å². The van der Waals surface area contributed by atoms with E-state index in [1.165, 1.54) is 32.2 Å². The van der Waals surface area contributed by atoms with E-state index in [1.807, 2.05) is 0 Å². The maximum absolute atomic E-state index is 3.63. The third-order valence-electron chi connectivity index (χ3n) is 5.17. The van der Waals surface area contributed by atoms with Crippen molar-refractivity contribution in [3.05, 3.63) is 0 Å². The molecule has 0 aromatic rings. The highest BCUT2D eigenvalue weighted by Crippen LogP contribution is 2.34. The van der Waals surface area contributed by atoms with E-state index in [4.69, 9.17) is 0 Å². The Kier molecular flexibility index (Phi) is 7.53. The Hall–Kier alpha value is -0.0800. The van der Waals surface area contributed by atoms with Crippen LogP contribution in [0.4, 0.5) is 0 Å². The smallest absolute Gasteiger partial charge is 0.0278 e. The second-order valence-electron chi connectivity index (χ2n) is 7.50. The van der Waals surface area contributed by atoms with Gasteiger partial charge in [-0.05, 0) is 50.5 Å². The first-order chi connectivity index (χ1) is 9.44. The number of hydrogen-bond acceptors (Lipinski definition) is 2. The molecule has 0 spiro atoms. The van der Waals surface area contributed by atoms with Crippen LogP contribution in [0, 0.1) is 17.8 Å². The van der Waals surface area contributed by atoms with Gasteiger partial charge in [0, 0.05) is 24.7 Å². The van der Waals surface area contributed by atoms with Crippen molar-refractivity contribution in [3.63, 3.8) is 0 Å². The van der Waals surface area contributed by atoms with Crippen molar-refractivity contribution in [2.45, 2.75) is 85.4 Å². The van der Waals surface area contributed by atoms with E-state index >= 15 is 0 Å². The maximum atomic E-state index is 3.63. The fraction of sp³-hybridized carbons (Fsp3) is 1.00. The lowest BCUT2D eigenvalue weighted by molar-refractivity contribution is 0.0207. The van der Waals surface area contributed by atoms with Crippen LogP contribution < -0.4 is 5.32 Å². The van der Waals surface area contributed by atoms with Crippen molar-refractivity contribution in [2.75, 3.05) is 13.6 Å². The highest BCUT2D eigenvalue weighted by molar-refractivity contribution is 4.95. The normalized spacial score (nSPS) is 31.5. The van der Waals surface area contributed by atoms with Gasteiger partial charge < -0.3 is 5.32 Å². The van der Waals surface area contributed by atoms with Crippen LogP contribution in [0.2, 0.25) is 0 Å². The molecule has 0 heterocycles. The minimum atomic E-state index is 0.660. The van der Waals surface area contributed by atoms with Crippen molar-refractivity contribution in [3.8, 4) is 0 Å². The van der Waals surface area contributed by atoms with Crippen LogP contribution in [0.5, 0.6) is 0 Å². The first-order valence-electron chi connectivity index (χ1n) is 8.87. The molecule has 0 radical (unpaired) electrons. The Morgan fingerprint density at radius 3 is 2.15 bits per heavy atom. The fourth-order valence-corrected chi connectivity index (χ4v) is 4.38. The average molecular weight is 283 g/mol. The molecule has 2 heteroatoms. The zero-order chi connectivity index (χ0) is 15.3. The van der Waals surface area contributed by atoms with Gasteiger partial charge in [0.1, 0.15) is 0 Å². The Labute approximate surface area is 127 Å². The van der Waals surface area contributed by atoms with Gasteiger partial charge in [-0.25, -0.2) is 0 Å². The third-order valence-corrected chi connectivity index (χ3v) is 5.17. The van der Waals surface area contributed by atoms with Crippen LogP contribution in [0.3, 0.4) is 0 Å². The largest absolute Gasteiger partial charge is 0.315 e. The monoisotopic (exact) mass is 282 g/mol. The van der Waals surface area contributed by atoms with Gasteiger partial charge in [0.25, 0.3) is 0 Å². The molecule has 20 heavy (non-hydrogen) atoms. The lowest BCUT2D eigenvalue weighted by Crippen LogP contribution is -2.59. The Morgan fingerprint density at radius 1 is 1.10 bits per heavy atom. The summed E-state index contributed by atoms with van der Waals surface area (Å²) in [7, 11) is 2.16. The molecule has 2 nitrogen and oxygen atoms in total. The number of hydrogen-bond donors (Lipinski definition) is 1. The van der Waals surface area contributed by atoms with E-state index in [0.29, 0.717) is 12.1 Å². The Balaban J connectivity index is 2.95. The number of nitrogens with zero attached hydrogens (tertiary/aromatic N) is 1. The van der Waals surface area contributed by atoms with Crippen molar-refractivity contribution in [2.24, 2.45) is 17.8 Å². The molecule has 4 unspecified atom stereocenters. The lowest BCUT2D eigenvalue weighted by Gasteiger charge is -2.49. The molecule has 0 saturated heterocycles. The predicted molar refractivity (Wildman–Crippen MR) is 90.1 cm³/mol. The zero-order valence-corrected chi connectivity index (χ0v) is 14.9. The molecule has 0 bridgehead atoms. The van der Waals surface area contributed by atoms with E-state index in [9.17, 15) is 0 Å². The van der Waals surface area contributed by atoms with Gasteiger partial charge in [0.2, 0.25) is 0 Å². The highest BCUT2D eigenvalue weighted by Gasteiger charge is 2.38. The molecule has 1 rings (SSSR count). The second-order valence-corrected chi connectivity index (χ2v) is 7.50. The van der Waals surface area contributed by atoms with Crippen LogP contribution in [0.25, 0.3) is 0 Å². The molecule has 0 aromatic heterocycles. The van der Waals surface area contributed by atoms with Gasteiger partial charge in [-0.15, -0.1) is 0 Å². The molecular formula is C18H38N2. The molecule has 1 fully saturated rings. The quantitative estimate of drug-likeness (QED) is 0.754. The summed E-state index contributed by atoms with van der Waals surface area (Å²) in [5.74, 6) is 2.41. The first-order valence-corrected chi connectivity index (χ1v) is 8.87. The SMILES string of the molecule is CCC(CC)N(CC(C)C)C1C(C)CC(C)CC1NC. The summed E-state index contributed by atoms with van der Waals surface area (Å²) in [6.45, 7) is 15.6. The number of rotatable bonds is 7. The van der Waals surface area contributed by atoms with E-state index < -0.39 is 0 Å². The first kappa shape index (κ1) is 18.0. The molecule has 0 amide bonds. The topological polar surface area (TPSA) is 15.3 Å². The van der Waals surface area contributed by atoms with Crippen LogP contribution in [0.15, 0.2) is 0 Å². The highest BCUT2D eigenvalue weighted by atomic mass is 15.2. The van der Waals surface area contributed by atoms with Gasteiger partial charge in [-0.2, -0.15) is 0 Å². The van der Waals surface area contributed by atoms with Gasteiger partial charge >= 0.3 is 0 Å². The summed E-state index contributed by atoms with van der Waals surface area (Å²) < 4.78 is 0. The molecule has 0 aliphatic heterocycles. The summed E-state index contributed by atoms with van der Waals surface area (Å²) in [6.07, 6.45) is 5.27. The van der Waals surface area contributed by atoms with Crippen LogP contribution in [-0.4, -0.2) is 36.6 Å². The fourth-order valence-electron chi connectivity index (χ4n) is 4.38. The van der Waals surface area contributed by atoms with Crippen LogP contribution >= 0.6 is 0 Å². The van der Waals surface area contributed by atoms with Crippen molar-refractivity contribution >= 4 is 0 Å². The molecular weight excluding hydrogens is 244 g/mol. The van der Waals surface area contributed by atoms with E-state index in [1.54, 1.807) is 0 Å². The molecule has 0 aromatic carbocycles. The van der Waals surface area contributed by atoms with E-state index in [-0.39, 0.29) is 0 Å². The summed E-state index contributed by atoms with van der Waals surface area (Å²) in [4.78, 5) is 2.85. The molecule has 1 aliphatic carbocycles. The van der Waals surface area contributed by atoms with Gasteiger partial charge in [-0.1, -0.05) is 41.5 Å².